The molecule has 5 heteroatoms. The minimum absolute atomic E-state index is 0.0696. The molecule has 2 fully saturated rings. The van der Waals surface area contributed by atoms with Crippen LogP contribution in [0.2, 0.25) is 0 Å². The molecule has 4 atom stereocenters. The van der Waals surface area contributed by atoms with Crippen LogP contribution in [0.3, 0.4) is 0 Å². The van der Waals surface area contributed by atoms with E-state index in [0.29, 0.717) is 5.69 Å². The maximum Gasteiger partial charge on any atom is 0.240 e. The molecule has 0 radical (unpaired) electrons. The van der Waals surface area contributed by atoms with Gasteiger partial charge in [0.2, 0.25) is 17.7 Å². The highest BCUT2D eigenvalue weighted by Gasteiger charge is 2.61. The van der Waals surface area contributed by atoms with Crippen LogP contribution in [0.15, 0.2) is 42.5 Å². The largest absolute Gasteiger partial charge is 0.338 e. The van der Waals surface area contributed by atoms with Crippen LogP contribution in [0.5, 0.6) is 0 Å². The molecule has 0 N–H and O–H groups in total. The second kappa shape index (κ2) is 4.04. The summed E-state index contributed by atoms with van der Waals surface area (Å²) < 4.78 is 0. The van der Waals surface area contributed by atoms with E-state index >= 15 is 0 Å². The van der Waals surface area contributed by atoms with Crippen LogP contribution >= 0.6 is 0 Å². The van der Waals surface area contributed by atoms with Crippen molar-refractivity contribution in [3.05, 3.63) is 42.5 Å². The normalized spacial score (nSPS) is 33.9. The summed E-state index contributed by atoms with van der Waals surface area (Å²) in [4.78, 5) is 40.5. The lowest BCUT2D eigenvalue weighted by Crippen LogP contribution is -2.57. The van der Waals surface area contributed by atoms with Crippen molar-refractivity contribution in [2.75, 3.05) is 11.9 Å². The number of likely N-dealkylation sites (N-methyl/N-ethyl adjacent to an activating group) is 1. The molecule has 0 unspecified atom stereocenters. The molecule has 3 aliphatic heterocycles. The van der Waals surface area contributed by atoms with Gasteiger partial charge in [-0.15, -0.1) is 0 Å². The molecule has 0 aromatic heterocycles. The number of para-hydroxylation sites is 1. The Morgan fingerprint density at radius 2 is 1.52 bits per heavy atom. The highest BCUT2D eigenvalue weighted by molar-refractivity contribution is 6.24. The summed E-state index contributed by atoms with van der Waals surface area (Å²) in [6.45, 7) is 0. The molecule has 5 rings (SSSR count). The van der Waals surface area contributed by atoms with Crippen molar-refractivity contribution in [1.82, 2.24) is 4.90 Å². The molecule has 5 nitrogen and oxygen atoms in total. The zero-order valence-electron chi connectivity index (χ0n) is 11.5. The molecular weight excluding hydrogens is 268 g/mol. The zero-order chi connectivity index (χ0) is 14.7. The summed E-state index contributed by atoms with van der Waals surface area (Å²) in [6, 6.07) is 8.61. The lowest BCUT2D eigenvalue weighted by atomic mass is 9.70. The van der Waals surface area contributed by atoms with Crippen LogP contribution in [-0.4, -0.2) is 35.7 Å². The number of carbonyl (C=O) groups is 3. The molecule has 0 saturated carbocycles. The van der Waals surface area contributed by atoms with E-state index in [9.17, 15) is 14.4 Å². The van der Waals surface area contributed by atoms with Crippen molar-refractivity contribution in [3.8, 4) is 0 Å². The van der Waals surface area contributed by atoms with Gasteiger partial charge in [-0.3, -0.25) is 14.4 Å². The Bertz CT molecular complexity index is 682. The Kier molecular flexibility index (Phi) is 2.37. The quantitative estimate of drug-likeness (QED) is 0.566. The zero-order valence-corrected chi connectivity index (χ0v) is 11.5. The number of anilines is 1. The van der Waals surface area contributed by atoms with Crippen molar-refractivity contribution < 1.29 is 14.4 Å². The van der Waals surface area contributed by atoms with Gasteiger partial charge in [-0.1, -0.05) is 30.4 Å². The van der Waals surface area contributed by atoms with Gasteiger partial charge >= 0.3 is 0 Å². The number of hydrogen-bond acceptors (Lipinski definition) is 3. The fourth-order valence-electron chi connectivity index (χ4n) is 3.74. The van der Waals surface area contributed by atoms with Gasteiger partial charge in [-0.2, -0.15) is 0 Å². The maximum absolute atomic E-state index is 12.7. The third-order valence-corrected chi connectivity index (χ3v) is 4.76. The van der Waals surface area contributed by atoms with E-state index in [1.54, 1.807) is 42.3 Å². The predicted octanol–water partition coefficient (Wildman–Crippen LogP) is 0.819. The number of amides is 3. The van der Waals surface area contributed by atoms with Crippen LogP contribution in [-0.2, 0) is 14.4 Å². The van der Waals surface area contributed by atoms with Crippen molar-refractivity contribution >= 4 is 23.4 Å². The Balaban J connectivity index is 1.80. The van der Waals surface area contributed by atoms with Crippen molar-refractivity contribution in [1.29, 1.82) is 0 Å². The standard InChI is InChI=1S/C16H14N2O3/c1-17-11-8-7-10(14(17)19)12-13(11)16(21)18(15(12)20)9-5-3-2-4-6-9/h2-8,10-13H,1H3/t10-,11-,12-,13+/m0/s1. The first-order valence-corrected chi connectivity index (χ1v) is 6.99. The molecule has 3 heterocycles. The Morgan fingerprint density at radius 3 is 2.24 bits per heavy atom. The summed E-state index contributed by atoms with van der Waals surface area (Å²) in [5.74, 6) is -2.02. The molecule has 0 spiro atoms. The molecule has 1 aliphatic carbocycles. The second-order valence-electron chi connectivity index (χ2n) is 5.75. The van der Waals surface area contributed by atoms with Crippen LogP contribution in [0, 0.1) is 17.8 Å². The van der Waals surface area contributed by atoms with Crippen LogP contribution in [0.25, 0.3) is 0 Å². The third-order valence-electron chi connectivity index (χ3n) is 4.76. The van der Waals surface area contributed by atoms with E-state index in [4.69, 9.17) is 0 Å². The average Bonchev–Trinajstić information content (AvgIpc) is 2.78. The van der Waals surface area contributed by atoms with Gasteiger partial charge in [0.1, 0.15) is 0 Å². The third kappa shape index (κ3) is 1.43. The Labute approximate surface area is 121 Å². The summed E-state index contributed by atoms with van der Waals surface area (Å²) in [5.41, 5.74) is 0.580. The first-order valence-electron chi connectivity index (χ1n) is 6.99. The molecule has 1 aromatic carbocycles. The molecular formula is C16H14N2O3. The summed E-state index contributed by atoms with van der Waals surface area (Å²) in [7, 11) is 1.70. The lowest BCUT2D eigenvalue weighted by Gasteiger charge is -2.44. The van der Waals surface area contributed by atoms with Gasteiger partial charge in [0.15, 0.2) is 0 Å². The number of carbonyl (C=O) groups excluding carboxylic acids is 3. The number of fused-ring (bicyclic) bond motifs is 1. The van der Waals surface area contributed by atoms with E-state index in [-0.39, 0.29) is 23.8 Å². The van der Waals surface area contributed by atoms with E-state index in [0.717, 1.165) is 0 Å². The van der Waals surface area contributed by atoms with Crippen LogP contribution in [0.4, 0.5) is 5.69 Å². The lowest BCUT2D eigenvalue weighted by molar-refractivity contribution is -0.148. The monoisotopic (exact) mass is 282 g/mol. The van der Waals surface area contributed by atoms with E-state index in [1.165, 1.54) is 4.90 Å². The van der Waals surface area contributed by atoms with E-state index < -0.39 is 17.8 Å². The van der Waals surface area contributed by atoms with Crippen LogP contribution < -0.4 is 4.90 Å². The smallest absolute Gasteiger partial charge is 0.240 e. The highest BCUT2D eigenvalue weighted by Crippen LogP contribution is 2.46. The second-order valence-corrected chi connectivity index (χ2v) is 5.75. The number of imide groups is 1. The minimum atomic E-state index is -0.545. The van der Waals surface area contributed by atoms with Crippen molar-refractivity contribution in [3.63, 3.8) is 0 Å². The summed E-state index contributed by atoms with van der Waals surface area (Å²) in [5, 5.41) is 0. The van der Waals surface area contributed by atoms with Crippen LogP contribution in [0.1, 0.15) is 0 Å². The minimum Gasteiger partial charge on any atom is -0.338 e. The van der Waals surface area contributed by atoms with Gasteiger partial charge < -0.3 is 4.90 Å². The Hall–Kier alpha value is -2.43. The first kappa shape index (κ1) is 12.3. The van der Waals surface area contributed by atoms with Gasteiger partial charge in [0.05, 0.1) is 29.5 Å². The average molecular weight is 282 g/mol. The molecule has 2 saturated heterocycles. The molecule has 1 aromatic rings. The maximum atomic E-state index is 12.7. The van der Waals surface area contributed by atoms with Gasteiger partial charge in [0, 0.05) is 7.05 Å². The Morgan fingerprint density at radius 1 is 0.857 bits per heavy atom. The fourth-order valence-corrected chi connectivity index (χ4v) is 3.74. The SMILES string of the molecule is CN1C(=O)[C@H]2C=C[C@H]1[C@H]1C(=O)N(c3ccccc3)C(=O)[C@H]12. The molecule has 4 aliphatic rings. The molecule has 2 bridgehead atoms. The van der Waals surface area contributed by atoms with Crippen molar-refractivity contribution in [2.45, 2.75) is 6.04 Å². The highest BCUT2D eigenvalue weighted by atomic mass is 16.2. The molecule has 106 valence electrons. The predicted molar refractivity (Wildman–Crippen MR) is 75.1 cm³/mol. The number of piperidine rings is 1. The summed E-state index contributed by atoms with van der Waals surface area (Å²) >= 11 is 0. The topological polar surface area (TPSA) is 57.7 Å². The van der Waals surface area contributed by atoms with Gasteiger partial charge in [-0.05, 0) is 12.1 Å². The van der Waals surface area contributed by atoms with Gasteiger partial charge in [-0.25, -0.2) is 4.90 Å². The fraction of sp³-hybridized carbons (Fsp3) is 0.312. The molecule has 3 amide bonds. The number of rotatable bonds is 1. The molecule has 21 heavy (non-hydrogen) atoms. The summed E-state index contributed by atoms with van der Waals surface area (Å²) in [6.07, 6.45) is 3.67. The number of benzene rings is 1. The van der Waals surface area contributed by atoms with E-state index in [1.807, 2.05) is 12.1 Å². The number of nitrogens with zero attached hydrogens (tertiary/aromatic N) is 2. The number of hydrogen-bond donors (Lipinski definition) is 0. The van der Waals surface area contributed by atoms with Gasteiger partial charge in [0.25, 0.3) is 0 Å². The van der Waals surface area contributed by atoms with E-state index in [2.05, 4.69) is 0 Å². The first-order chi connectivity index (χ1) is 10.1. The van der Waals surface area contributed by atoms with Crippen molar-refractivity contribution in [2.24, 2.45) is 17.8 Å².